The first-order chi connectivity index (χ1) is 12.3. The Bertz CT molecular complexity index is 841. The number of halogens is 4. The van der Waals surface area contributed by atoms with Crippen molar-refractivity contribution in [1.29, 1.82) is 0 Å². The van der Waals surface area contributed by atoms with Gasteiger partial charge in [0.15, 0.2) is 0 Å². The topological polar surface area (TPSA) is 84.2 Å². The van der Waals surface area contributed by atoms with Gasteiger partial charge in [0.25, 0.3) is 0 Å². The molecule has 0 atom stereocenters. The summed E-state index contributed by atoms with van der Waals surface area (Å²) in [7, 11) is 0. The zero-order valence-corrected chi connectivity index (χ0v) is 14.0. The molecule has 0 radical (unpaired) electrons. The predicted molar refractivity (Wildman–Crippen MR) is 89.9 cm³/mol. The minimum absolute atomic E-state index is 0.0177. The fourth-order valence-electron chi connectivity index (χ4n) is 2.75. The molecule has 0 bridgehead atoms. The number of benzene rings is 1. The lowest BCUT2D eigenvalue weighted by molar-refractivity contribution is -0.383. The molecular weight excluding hydrogens is 375 g/mol. The summed E-state index contributed by atoms with van der Waals surface area (Å²) >= 11 is 5.59. The van der Waals surface area contributed by atoms with Crippen molar-refractivity contribution in [3.05, 3.63) is 45.2 Å². The van der Waals surface area contributed by atoms with Crippen LogP contribution in [0.5, 0.6) is 0 Å². The fraction of sp³-hybridized carbons (Fsp3) is 0.333. The Morgan fingerprint density at radius 3 is 2.54 bits per heavy atom. The molecule has 0 saturated carbocycles. The molecule has 138 valence electrons. The van der Waals surface area contributed by atoms with Crippen LogP contribution in [0.4, 0.5) is 36.2 Å². The molecule has 1 aromatic carbocycles. The Hall–Kier alpha value is -2.62. The van der Waals surface area contributed by atoms with E-state index in [1.165, 1.54) is 6.07 Å². The first-order valence-corrected chi connectivity index (χ1v) is 8.03. The van der Waals surface area contributed by atoms with Crippen molar-refractivity contribution in [2.75, 3.05) is 23.3 Å². The van der Waals surface area contributed by atoms with Crippen LogP contribution in [0.25, 0.3) is 0 Å². The molecule has 0 unspecified atom stereocenters. The third-order valence-corrected chi connectivity index (χ3v) is 4.26. The van der Waals surface area contributed by atoms with Gasteiger partial charge in [0.1, 0.15) is 6.33 Å². The van der Waals surface area contributed by atoms with Gasteiger partial charge in [0, 0.05) is 18.8 Å². The van der Waals surface area contributed by atoms with E-state index < -0.39 is 21.7 Å². The zero-order valence-electron chi connectivity index (χ0n) is 13.3. The van der Waals surface area contributed by atoms with E-state index in [9.17, 15) is 23.3 Å². The van der Waals surface area contributed by atoms with Gasteiger partial charge in [-0.15, -0.1) is 0 Å². The van der Waals surface area contributed by atoms with Gasteiger partial charge < -0.3 is 10.2 Å². The van der Waals surface area contributed by atoms with Gasteiger partial charge in [-0.05, 0) is 31.0 Å². The van der Waals surface area contributed by atoms with E-state index in [4.69, 9.17) is 11.6 Å². The van der Waals surface area contributed by atoms with Crippen LogP contribution in [0.15, 0.2) is 24.5 Å². The van der Waals surface area contributed by atoms with Gasteiger partial charge in [-0.1, -0.05) is 11.6 Å². The summed E-state index contributed by atoms with van der Waals surface area (Å²) in [4.78, 5) is 20.5. The first-order valence-electron chi connectivity index (χ1n) is 7.65. The minimum Gasteiger partial charge on any atom is -0.351 e. The zero-order chi connectivity index (χ0) is 18.9. The summed E-state index contributed by atoms with van der Waals surface area (Å²) < 4.78 is 39.0. The van der Waals surface area contributed by atoms with Gasteiger partial charge >= 0.3 is 11.9 Å². The van der Waals surface area contributed by atoms with E-state index in [0.29, 0.717) is 13.1 Å². The second-order valence-electron chi connectivity index (χ2n) is 5.66. The number of anilines is 3. The quantitative estimate of drug-likeness (QED) is 0.618. The molecule has 0 aliphatic carbocycles. The second kappa shape index (κ2) is 6.94. The van der Waals surface area contributed by atoms with Crippen molar-refractivity contribution >= 4 is 34.6 Å². The highest BCUT2D eigenvalue weighted by Crippen LogP contribution is 2.38. The summed E-state index contributed by atoms with van der Waals surface area (Å²) in [5.74, 6) is -0.0302. The average molecular weight is 388 g/mol. The number of nitrogens with zero attached hydrogens (tertiary/aromatic N) is 4. The Morgan fingerprint density at radius 1 is 1.23 bits per heavy atom. The van der Waals surface area contributed by atoms with Crippen LogP contribution in [0.3, 0.4) is 0 Å². The van der Waals surface area contributed by atoms with Gasteiger partial charge in [-0.25, -0.2) is 9.97 Å². The Balaban J connectivity index is 2.00. The standard InChI is InChI=1S/C15H13ClF3N5O2/c16-11-4-3-9(7-10(11)15(17,18)19)22-13-12(24(25)26)14(21-8-20-13)23-5-1-2-6-23/h3-4,7-8H,1-2,5-6H2,(H,20,21,22). The van der Waals surface area contributed by atoms with Crippen LogP contribution < -0.4 is 10.2 Å². The molecule has 2 aromatic rings. The maximum atomic E-state index is 13.0. The molecule has 1 aromatic heterocycles. The molecule has 0 spiro atoms. The molecule has 1 fully saturated rings. The second-order valence-corrected chi connectivity index (χ2v) is 6.07. The number of nitro groups is 1. The molecular formula is C15H13ClF3N5O2. The average Bonchev–Trinajstić information content (AvgIpc) is 3.09. The predicted octanol–water partition coefficient (Wildman–Crippen LogP) is 4.40. The fourth-order valence-corrected chi connectivity index (χ4v) is 2.97. The molecule has 1 N–H and O–H groups in total. The monoisotopic (exact) mass is 387 g/mol. The van der Waals surface area contributed by atoms with Crippen molar-refractivity contribution in [1.82, 2.24) is 9.97 Å². The van der Waals surface area contributed by atoms with Gasteiger partial charge in [0.2, 0.25) is 11.6 Å². The van der Waals surface area contributed by atoms with E-state index >= 15 is 0 Å². The first kappa shape index (κ1) is 18.2. The summed E-state index contributed by atoms with van der Waals surface area (Å²) in [6.07, 6.45) is -1.73. The molecule has 2 heterocycles. The molecule has 1 aliphatic rings. The lowest BCUT2D eigenvalue weighted by atomic mass is 10.2. The molecule has 0 amide bonds. The van der Waals surface area contributed by atoms with Crippen LogP contribution in [0.2, 0.25) is 5.02 Å². The maximum Gasteiger partial charge on any atom is 0.417 e. The molecule has 3 rings (SSSR count). The highest BCUT2D eigenvalue weighted by molar-refractivity contribution is 6.31. The van der Waals surface area contributed by atoms with Crippen LogP contribution in [0.1, 0.15) is 18.4 Å². The third-order valence-electron chi connectivity index (χ3n) is 3.93. The lowest BCUT2D eigenvalue weighted by Gasteiger charge is -2.17. The Morgan fingerprint density at radius 2 is 1.92 bits per heavy atom. The SMILES string of the molecule is O=[N+]([O-])c1c(Nc2ccc(Cl)c(C(F)(F)F)c2)ncnc1N1CCCC1. The van der Waals surface area contributed by atoms with Crippen LogP contribution in [-0.2, 0) is 6.18 Å². The van der Waals surface area contributed by atoms with E-state index in [-0.39, 0.29) is 23.0 Å². The van der Waals surface area contributed by atoms with Crippen molar-refractivity contribution < 1.29 is 18.1 Å². The van der Waals surface area contributed by atoms with Crippen LogP contribution >= 0.6 is 11.6 Å². The van der Waals surface area contributed by atoms with E-state index in [2.05, 4.69) is 15.3 Å². The molecule has 7 nitrogen and oxygen atoms in total. The summed E-state index contributed by atoms with van der Waals surface area (Å²) in [6.45, 7) is 1.24. The van der Waals surface area contributed by atoms with E-state index in [1.54, 1.807) is 4.90 Å². The van der Waals surface area contributed by atoms with E-state index in [1.807, 2.05) is 0 Å². The highest BCUT2D eigenvalue weighted by atomic mass is 35.5. The van der Waals surface area contributed by atoms with Gasteiger partial charge in [-0.3, -0.25) is 10.1 Å². The van der Waals surface area contributed by atoms with Gasteiger partial charge in [0.05, 0.1) is 15.5 Å². The molecule has 26 heavy (non-hydrogen) atoms. The Kier molecular flexibility index (Phi) is 4.86. The number of nitrogens with one attached hydrogen (secondary N) is 1. The molecule has 1 aliphatic heterocycles. The number of hydrogen-bond donors (Lipinski definition) is 1. The molecule has 1 saturated heterocycles. The highest BCUT2D eigenvalue weighted by Gasteiger charge is 2.34. The minimum atomic E-state index is -4.65. The van der Waals surface area contributed by atoms with E-state index in [0.717, 1.165) is 31.3 Å². The van der Waals surface area contributed by atoms with Crippen molar-refractivity contribution in [2.45, 2.75) is 19.0 Å². The number of rotatable bonds is 4. The summed E-state index contributed by atoms with van der Waals surface area (Å²) in [6, 6.07) is 3.14. The van der Waals surface area contributed by atoms with Crippen molar-refractivity contribution in [3.63, 3.8) is 0 Å². The number of alkyl halides is 3. The van der Waals surface area contributed by atoms with Crippen LogP contribution in [0, 0.1) is 10.1 Å². The molecule has 11 heteroatoms. The largest absolute Gasteiger partial charge is 0.417 e. The van der Waals surface area contributed by atoms with Crippen molar-refractivity contribution in [2.24, 2.45) is 0 Å². The third kappa shape index (κ3) is 3.64. The summed E-state index contributed by atoms with van der Waals surface area (Å²) in [5, 5.41) is 13.6. The van der Waals surface area contributed by atoms with Crippen molar-refractivity contribution in [3.8, 4) is 0 Å². The smallest absolute Gasteiger partial charge is 0.351 e. The summed E-state index contributed by atoms with van der Waals surface area (Å²) in [5.41, 5.74) is -1.44. The number of aromatic nitrogens is 2. The normalized spacial score (nSPS) is 14.5. The number of hydrogen-bond acceptors (Lipinski definition) is 6. The van der Waals surface area contributed by atoms with Crippen LogP contribution in [-0.4, -0.2) is 28.0 Å². The maximum absolute atomic E-state index is 13.0. The van der Waals surface area contributed by atoms with Gasteiger partial charge in [-0.2, -0.15) is 13.2 Å². The lowest BCUT2D eigenvalue weighted by Crippen LogP contribution is -2.21. The Labute approximate surface area is 151 Å².